The van der Waals surface area contributed by atoms with E-state index < -0.39 is 17.4 Å². The second kappa shape index (κ2) is 4.97. The smallest absolute Gasteiger partial charge is 0.231 e. The molecule has 0 N–H and O–H groups in total. The summed E-state index contributed by atoms with van der Waals surface area (Å²) in [5.74, 6) is -2.24. The van der Waals surface area contributed by atoms with Crippen LogP contribution in [0.15, 0.2) is 40.8 Å². The molecule has 1 heterocycles. The molecular formula is C16H9ClF2O2. The van der Waals surface area contributed by atoms with Gasteiger partial charge in [0.25, 0.3) is 0 Å². The molecule has 3 aromatic rings. The molecule has 0 bridgehead atoms. The van der Waals surface area contributed by atoms with Crippen LogP contribution in [0.4, 0.5) is 8.78 Å². The molecule has 0 aliphatic heterocycles. The average molecular weight is 307 g/mol. The summed E-state index contributed by atoms with van der Waals surface area (Å²) in [5, 5.41) is 0.973. The molecule has 0 amide bonds. The minimum atomic E-state index is -0.787. The van der Waals surface area contributed by atoms with Gasteiger partial charge < -0.3 is 4.42 Å². The average Bonchev–Trinajstić information content (AvgIpc) is 2.87. The second-order valence-corrected chi connectivity index (χ2v) is 5.09. The number of para-hydroxylation sites is 1. The molecule has 1 aromatic heterocycles. The number of fused-ring (bicyclic) bond motifs is 1. The first-order valence-electron chi connectivity index (χ1n) is 6.16. The predicted octanol–water partition coefficient (Wildman–Crippen LogP) is 4.90. The van der Waals surface area contributed by atoms with Crippen LogP contribution < -0.4 is 0 Å². The minimum Gasteiger partial charge on any atom is -0.451 e. The van der Waals surface area contributed by atoms with Gasteiger partial charge in [0, 0.05) is 5.39 Å². The van der Waals surface area contributed by atoms with Crippen molar-refractivity contribution in [3.05, 3.63) is 69.9 Å². The predicted molar refractivity (Wildman–Crippen MR) is 75.8 cm³/mol. The third-order valence-electron chi connectivity index (χ3n) is 3.21. The molecule has 0 aliphatic rings. The van der Waals surface area contributed by atoms with Gasteiger partial charge in [0.05, 0.1) is 10.6 Å². The third-order valence-corrected chi connectivity index (χ3v) is 3.51. The lowest BCUT2D eigenvalue weighted by molar-refractivity contribution is 0.101. The molecule has 21 heavy (non-hydrogen) atoms. The van der Waals surface area contributed by atoms with Crippen molar-refractivity contribution < 1.29 is 18.0 Å². The Balaban J connectivity index is 2.12. The molecular weight excluding hydrogens is 298 g/mol. The Morgan fingerprint density at radius 2 is 1.90 bits per heavy atom. The van der Waals surface area contributed by atoms with E-state index in [1.165, 1.54) is 13.0 Å². The van der Waals surface area contributed by atoms with Gasteiger partial charge in [-0.15, -0.1) is 0 Å². The van der Waals surface area contributed by atoms with Crippen LogP contribution in [-0.4, -0.2) is 5.78 Å². The van der Waals surface area contributed by atoms with E-state index in [2.05, 4.69) is 0 Å². The van der Waals surface area contributed by atoms with Gasteiger partial charge in [0.1, 0.15) is 11.6 Å². The number of carbonyl (C=O) groups excluding carboxylic acids is 1. The Hall–Kier alpha value is -2.20. The minimum absolute atomic E-state index is 0.0831. The Morgan fingerprint density at radius 1 is 1.14 bits per heavy atom. The van der Waals surface area contributed by atoms with Gasteiger partial charge in [0.2, 0.25) is 5.78 Å². The lowest BCUT2D eigenvalue weighted by atomic mass is 10.1. The van der Waals surface area contributed by atoms with Gasteiger partial charge in [-0.2, -0.15) is 0 Å². The molecule has 0 atom stereocenters. The van der Waals surface area contributed by atoms with Gasteiger partial charge in [0.15, 0.2) is 11.3 Å². The molecule has 0 spiro atoms. The van der Waals surface area contributed by atoms with E-state index in [4.69, 9.17) is 16.0 Å². The van der Waals surface area contributed by atoms with E-state index in [0.29, 0.717) is 16.0 Å². The number of ketones is 1. The summed E-state index contributed by atoms with van der Waals surface area (Å²) >= 11 is 5.96. The number of carbonyl (C=O) groups is 1. The van der Waals surface area contributed by atoms with Crippen LogP contribution in [0.25, 0.3) is 11.0 Å². The van der Waals surface area contributed by atoms with Crippen molar-refractivity contribution in [2.24, 2.45) is 0 Å². The summed E-state index contributed by atoms with van der Waals surface area (Å²) in [6, 6.07) is 8.36. The molecule has 0 unspecified atom stereocenters. The fourth-order valence-corrected chi connectivity index (χ4v) is 2.31. The zero-order chi connectivity index (χ0) is 15.1. The van der Waals surface area contributed by atoms with Gasteiger partial charge in [-0.25, -0.2) is 8.78 Å². The number of halogens is 3. The van der Waals surface area contributed by atoms with E-state index in [1.54, 1.807) is 18.2 Å². The van der Waals surface area contributed by atoms with Crippen LogP contribution in [0.5, 0.6) is 0 Å². The Labute approximate surface area is 123 Å². The normalized spacial score (nSPS) is 11.0. The summed E-state index contributed by atoms with van der Waals surface area (Å²) < 4.78 is 32.7. The monoisotopic (exact) mass is 306 g/mol. The molecule has 0 fully saturated rings. The maximum absolute atomic E-state index is 13.8. The van der Waals surface area contributed by atoms with Crippen molar-refractivity contribution in [2.75, 3.05) is 0 Å². The Kier molecular flexibility index (Phi) is 3.26. The number of furan rings is 1. The van der Waals surface area contributed by atoms with Gasteiger partial charge in [-0.3, -0.25) is 4.79 Å². The van der Waals surface area contributed by atoms with E-state index in [1.807, 2.05) is 0 Å². The molecule has 0 radical (unpaired) electrons. The Morgan fingerprint density at radius 3 is 2.62 bits per heavy atom. The third kappa shape index (κ3) is 2.32. The molecule has 5 heteroatoms. The van der Waals surface area contributed by atoms with Crippen LogP contribution in [0.3, 0.4) is 0 Å². The summed E-state index contributed by atoms with van der Waals surface area (Å²) in [4.78, 5) is 12.3. The van der Waals surface area contributed by atoms with Crippen LogP contribution in [0.1, 0.15) is 21.7 Å². The van der Waals surface area contributed by atoms with E-state index >= 15 is 0 Å². The number of hydrogen-bond donors (Lipinski definition) is 0. The SMILES string of the molecule is Cc1cc(F)c(C(=O)c2cc3cccc(Cl)c3o2)cc1F. The fourth-order valence-electron chi connectivity index (χ4n) is 2.09. The van der Waals surface area contributed by atoms with E-state index in [-0.39, 0.29) is 16.9 Å². The fraction of sp³-hybridized carbons (Fsp3) is 0.0625. The number of benzene rings is 2. The van der Waals surface area contributed by atoms with E-state index in [0.717, 1.165) is 12.1 Å². The van der Waals surface area contributed by atoms with Crippen molar-refractivity contribution in [2.45, 2.75) is 6.92 Å². The first-order chi connectivity index (χ1) is 9.97. The summed E-state index contributed by atoms with van der Waals surface area (Å²) in [6.07, 6.45) is 0. The maximum Gasteiger partial charge on any atom is 0.231 e. The largest absolute Gasteiger partial charge is 0.451 e. The van der Waals surface area contributed by atoms with Crippen molar-refractivity contribution in [1.82, 2.24) is 0 Å². The lowest BCUT2D eigenvalue weighted by Gasteiger charge is -2.02. The highest BCUT2D eigenvalue weighted by atomic mass is 35.5. The van der Waals surface area contributed by atoms with E-state index in [9.17, 15) is 13.6 Å². The molecule has 2 aromatic carbocycles. The van der Waals surface area contributed by atoms with Crippen molar-refractivity contribution in [1.29, 1.82) is 0 Å². The van der Waals surface area contributed by atoms with Crippen LogP contribution in [0.2, 0.25) is 5.02 Å². The molecule has 3 rings (SSSR count). The highest BCUT2D eigenvalue weighted by Gasteiger charge is 2.20. The topological polar surface area (TPSA) is 30.2 Å². The van der Waals surface area contributed by atoms with Gasteiger partial charge in [-0.05, 0) is 36.8 Å². The van der Waals surface area contributed by atoms with Crippen molar-refractivity contribution >= 4 is 28.4 Å². The quantitative estimate of drug-likeness (QED) is 0.630. The molecule has 0 aliphatic carbocycles. The summed E-state index contributed by atoms with van der Waals surface area (Å²) in [7, 11) is 0. The standard InChI is InChI=1S/C16H9ClF2O2/c1-8-5-13(19)10(7-12(8)18)15(20)14-6-9-3-2-4-11(17)16(9)21-14/h2-7H,1H3. The molecule has 0 saturated heterocycles. The number of aryl methyl sites for hydroxylation is 1. The molecule has 2 nitrogen and oxygen atoms in total. The second-order valence-electron chi connectivity index (χ2n) is 4.68. The lowest BCUT2D eigenvalue weighted by Crippen LogP contribution is -2.04. The maximum atomic E-state index is 13.8. The van der Waals surface area contributed by atoms with Crippen LogP contribution in [0, 0.1) is 18.6 Å². The first kappa shape index (κ1) is 13.8. The highest BCUT2D eigenvalue weighted by Crippen LogP contribution is 2.28. The highest BCUT2D eigenvalue weighted by molar-refractivity contribution is 6.35. The summed E-state index contributed by atoms with van der Waals surface area (Å²) in [6.45, 7) is 1.42. The van der Waals surface area contributed by atoms with Gasteiger partial charge >= 0.3 is 0 Å². The first-order valence-corrected chi connectivity index (χ1v) is 6.53. The van der Waals surface area contributed by atoms with Crippen molar-refractivity contribution in [3.63, 3.8) is 0 Å². The van der Waals surface area contributed by atoms with Crippen LogP contribution >= 0.6 is 11.6 Å². The number of rotatable bonds is 2. The zero-order valence-corrected chi connectivity index (χ0v) is 11.7. The van der Waals surface area contributed by atoms with Crippen LogP contribution in [-0.2, 0) is 0 Å². The molecule has 106 valence electrons. The summed E-state index contributed by atoms with van der Waals surface area (Å²) in [5.41, 5.74) is 0.112. The van der Waals surface area contributed by atoms with Gasteiger partial charge in [-0.1, -0.05) is 23.7 Å². The Bertz CT molecular complexity index is 868. The molecule has 0 saturated carbocycles. The zero-order valence-electron chi connectivity index (χ0n) is 10.9. The number of hydrogen-bond acceptors (Lipinski definition) is 2. The van der Waals surface area contributed by atoms with Crippen molar-refractivity contribution in [3.8, 4) is 0 Å².